The lowest BCUT2D eigenvalue weighted by Gasteiger charge is -2.18. The predicted octanol–water partition coefficient (Wildman–Crippen LogP) is 0.822. The van der Waals surface area contributed by atoms with E-state index in [4.69, 9.17) is 19.3 Å². The van der Waals surface area contributed by atoms with Crippen LogP contribution in [0.2, 0.25) is 0 Å². The Morgan fingerprint density at radius 3 is 2.00 bits per heavy atom. The molecule has 0 aromatic carbocycles. The van der Waals surface area contributed by atoms with Gasteiger partial charge < -0.3 is 24.4 Å². The van der Waals surface area contributed by atoms with Crippen LogP contribution < -0.4 is 0 Å². The second kappa shape index (κ2) is 10.7. The largest absolute Gasteiger partial charge is 0.394 e. The lowest BCUT2D eigenvalue weighted by atomic mass is 10.2. The van der Waals surface area contributed by atoms with Crippen molar-refractivity contribution in [3.8, 4) is 0 Å². The summed E-state index contributed by atoms with van der Waals surface area (Å²) in [5.41, 5.74) is 0. The van der Waals surface area contributed by atoms with Crippen LogP contribution in [-0.4, -0.2) is 61.6 Å². The molecule has 0 spiro atoms. The van der Waals surface area contributed by atoms with Gasteiger partial charge in [-0.1, -0.05) is 13.8 Å². The average Bonchev–Trinajstić information content (AvgIpc) is 2.32. The van der Waals surface area contributed by atoms with Crippen LogP contribution in [0.25, 0.3) is 0 Å². The molecule has 5 heteroatoms. The fourth-order valence-electron chi connectivity index (χ4n) is 1.16. The molecule has 3 atom stereocenters. The maximum Gasteiger partial charge on any atom is 0.101 e. The molecule has 0 fully saturated rings. The molecule has 0 aliphatic carbocycles. The average molecular weight is 264 g/mol. The zero-order valence-electron chi connectivity index (χ0n) is 12.0. The summed E-state index contributed by atoms with van der Waals surface area (Å²) >= 11 is 0. The van der Waals surface area contributed by atoms with E-state index in [1.807, 2.05) is 6.92 Å². The fraction of sp³-hybridized carbons (Fsp3) is 1.00. The molecule has 2 N–H and O–H groups in total. The van der Waals surface area contributed by atoms with Crippen LogP contribution in [0.5, 0.6) is 0 Å². The molecule has 0 rings (SSSR count). The molecular formula is C13H28O5. The minimum Gasteiger partial charge on any atom is -0.394 e. The van der Waals surface area contributed by atoms with Crippen molar-refractivity contribution in [1.82, 2.24) is 0 Å². The maximum atomic E-state index is 9.60. The van der Waals surface area contributed by atoms with Gasteiger partial charge in [-0.15, -0.1) is 0 Å². The topological polar surface area (TPSA) is 68.2 Å². The zero-order valence-corrected chi connectivity index (χ0v) is 12.0. The number of hydrogen-bond donors (Lipinski definition) is 2. The summed E-state index contributed by atoms with van der Waals surface area (Å²) in [4.78, 5) is 0. The molecule has 0 saturated heterocycles. The van der Waals surface area contributed by atoms with Gasteiger partial charge in [0.25, 0.3) is 0 Å². The van der Waals surface area contributed by atoms with Crippen molar-refractivity contribution in [2.24, 2.45) is 5.92 Å². The quantitative estimate of drug-likeness (QED) is 0.578. The third-order valence-corrected chi connectivity index (χ3v) is 2.21. The van der Waals surface area contributed by atoms with Crippen molar-refractivity contribution in [3.63, 3.8) is 0 Å². The van der Waals surface area contributed by atoms with E-state index in [0.29, 0.717) is 25.7 Å². The minimum atomic E-state index is -0.610. The Morgan fingerprint density at radius 1 is 0.833 bits per heavy atom. The van der Waals surface area contributed by atoms with Gasteiger partial charge in [-0.2, -0.15) is 0 Å². The molecule has 0 saturated carbocycles. The van der Waals surface area contributed by atoms with Gasteiger partial charge in [0.1, 0.15) is 6.10 Å². The van der Waals surface area contributed by atoms with E-state index in [9.17, 15) is 5.11 Å². The van der Waals surface area contributed by atoms with Gasteiger partial charge in [-0.25, -0.2) is 0 Å². The number of aliphatic hydroxyl groups is 2. The normalized spacial score (nSPS) is 16.8. The van der Waals surface area contributed by atoms with Crippen molar-refractivity contribution < 1.29 is 24.4 Å². The van der Waals surface area contributed by atoms with Crippen molar-refractivity contribution in [1.29, 1.82) is 0 Å². The van der Waals surface area contributed by atoms with E-state index in [-0.39, 0.29) is 25.4 Å². The molecule has 18 heavy (non-hydrogen) atoms. The first kappa shape index (κ1) is 17.8. The van der Waals surface area contributed by atoms with Gasteiger partial charge in [0.05, 0.1) is 38.6 Å². The highest BCUT2D eigenvalue weighted by Crippen LogP contribution is 1.99. The summed E-state index contributed by atoms with van der Waals surface area (Å²) in [6.45, 7) is 9.35. The highest BCUT2D eigenvalue weighted by Gasteiger charge is 2.10. The van der Waals surface area contributed by atoms with Crippen LogP contribution in [0.15, 0.2) is 0 Å². The second-order valence-corrected chi connectivity index (χ2v) is 5.06. The lowest BCUT2D eigenvalue weighted by Crippen LogP contribution is -2.28. The molecule has 0 aromatic heterocycles. The lowest BCUT2D eigenvalue weighted by molar-refractivity contribution is -0.0786. The number of rotatable bonds is 11. The molecule has 0 amide bonds. The zero-order chi connectivity index (χ0) is 14.0. The Morgan fingerprint density at radius 2 is 1.44 bits per heavy atom. The van der Waals surface area contributed by atoms with E-state index < -0.39 is 6.10 Å². The molecule has 5 nitrogen and oxygen atoms in total. The molecule has 0 radical (unpaired) electrons. The first-order valence-electron chi connectivity index (χ1n) is 6.55. The smallest absolute Gasteiger partial charge is 0.101 e. The van der Waals surface area contributed by atoms with E-state index >= 15 is 0 Å². The van der Waals surface area contributed by atoms with E-state index in [0.717, 1.165) is 0 Å². The third-order valence-electron chi connectivity index (χ3n) is 2.21. The van der Waals surface area contributed by atoms with Crippen LogP contribution in [0.3, 0.4) is 0 Å². The minimum absolute atomic E-state index is 0.00160. The standard InChI is InChI=1S/C13H28O5/c1-10(2)6-16-8-13(15)9-18-12(4)7-17-11(3)5-14/h10-15H,5-9H2,1-4H3. The van der Waals surface area contributed by atoms with E-state index in [1.54, 1.807) is 6.92 Å². The Bertz CT molecular complexity index is 186. The van der Waals surface area contributed by atoms with Crippen molar-refractivity contribution in [2.45, 2.75) is 46.0 Å². The van der Waals surface area contributed by atoms with E-state index in [2.05, 4.69) is 13.8 Å². The SMILES string of the molecule is CC(C)COCC(O)COC(C)COC(C)CO. The summed E-state index contributed by atoms with van der Waals surface area (Å²) in [5, 5.41) is 18.4. The first-order valence-corrected chi connectivity index (χ1v) is 6.55. The Hall–Kier alpha value is -0.200. The monoisotopic (exact) mass is 264 g/mol. The summed E-state index contributed by atoms with van der Waals surface area (Å²) in [6.07, 6.45) is -0.907. The molecule has 0 aliphatic rings. The molecule has 110 valence electrons. The summed E-state index contributed by atoms with van der Waals surface area (Å²) < 4.78 is 16.0. The number of aliphatic hydroxyl groups excluding tert-OH is 2. The van der Waals surface area contributed by atoms with Crippen molar-refractivity contribution in [2.75, 3.05) is 33.0 Å². The highest BCUT2D eigenvalue weighted by atomic mass is 16.5. The van der Waals surface area contributed by atoms with Crippen LogP contribution >= 0.6 is 0 Å². The highest BCUT2D eigenvalue weighted by molar-refractivity contribution is 4.56. The maximum absolute atomic E-state index is 9.60. The number of hydrogen-bond acceptors (Lipinski definition) is 5. The Kier molecular flexibility index (Phi) is 10.6. The van der Waals surface area contributed by atoms with Gasteiger partial charge in [-0.3, -0.25) is 0 Å². The van der Waals surface area contributed by atoms with Gasteiger partial charge in [0.2, 0.25) is 0 Å². The molecule has 0 bridgehead atoms. The third kappa shape index (κ3) is 10.9. The molecule has 3 unspecified atom stereocenters. The van der Waals surface area contributed by atoms with Crippen LogP contribution in [0, 0.1) is 5.92 Å². The molecular weight excluding hydrogens is 236 g/mol. The molecule has 0 aromatic rings. The van der Waals surface area contributed by atoms with Crippen LogP contribution in [-0.2, 0) is 14.2 Å². The summed E-state index contributed by atoms with van der Waals surface area (Å²) in [6, 6.07) is 0. The number of ether oxygens (including phenoxy) is 3. The van der Waals surface area contributed by atoms with Gasteiger partial charge >= 0.3 is 0 Å². The second-order valence-electron chi connectivity index (χ2n) is 5.06. The van der Waals surface area contributed by atoms with E-state index in [1.165, 1.54) is 0 Å². The summed E-state index contributed by atoms with van der Waals surface area (Å²) in [5.74, 6) is 0.463. The van der Waals surface area contributed by atoms with Gasteiger partial charge in [0.15, 0.2) is 0 Å². The summed E-state index contributed by atoms with van der Waals surface area (Å²) in [7, 11) is 0. The predicted molar refractivity (Wildman–Crippen MR) is 69.6 cm³/mol. The van der Waals surface area contributed by atoms with Gasteiger partial charge in [0, 0.05) is 6.61 Å². The molecule has 0 aliphatic heterocycles. The Labute approximate surface area is 110 Å². The molecule has 0 heterocycles. The first-order chi connectivity index (χ1) is 8.45. The van der Waals surface area contributed by atoms with Crippen LogP contribution in [0.1, 0.15) is 27.7 Å². The van der Waals surface area contributed by atoms with Crippen molar-refractivity contribution >= 4 is 0 Å². The Balaban J connectivity index is 3.49. The van der Waals surface area contributed by atoms with Gasteiger partial charge in [-0.05, 0) is 19.8 Å². The fourth-order valence-corrected chi connectivity index (χ4v) is 1.16. The van der Waals surface area contributed by atoms with Crippen LogP contribution in [0.4, 0.5) is 0 Å². The van der Waals surface area contributed by atoms with Crippen molar-refractivity contribution in [3.05, 3.63) is 0 Å².